The summed E-state index contributed by atoms with van der Waals surface area (Å²) in [6.45, 7) is 20.8. The molecule has 1 unspecified atom stereocenters. The smallest absolute Gasteiger partial charge is 0.393 e. The number of pyridine rings is 2. The molecular formula is C71H92F6N14O12. The van der Waals surface area contributed by atoms with E-state index in [9.17, 15) is 50.6 Å². The Kier molecular flexibility index (Phi) is 28.1. The summed E-state index contributed by atoms with van der Waals surface area (Å²) in [5.41, 5.74) is 0.838. The minimum absolute atomic E-state index is 0.0171. The van der Waals surface area contributed by atoms with E-state index in [1.54, 1.807) is 141 Å². The molecule has 0 aliphatic rings. The number of fused-ring (bicyclic) bond motifs is 2. The Hall–Kier alpha value is -9.08. The molecule has 0 amide bonds. The number of aliphatic hydroxyl groups is 1. The molecule has 0 fully saturated rings. The maximum absolute atomic E-state index is 14.2. The fourth-order valence-corrected chi connectivity index (χ4v) is 11.2. The number of nitrogens with zero attached hydrogens (tertiary/aromatic N) is 12. The fourth-order valence-electron chi connectivity index (χ4n) is 11.2. The Morgan fingerprint density at radius 3 is 1.29 bits per heavy atom. The van der Waals surface area contributed by atoms with Gasteiger partial charge in [0.15, 0.2) is 11.3 Å². The number of benzene rings is 2. The second kappa shape index (κ2) is 36.4. The average molecular weight is 1450 g/mol. The molecule has 32 heteroatoms. The first-order chi connectivity index (χ1) is 49.0. The van der Waals surface area contributed by atoms with Crippen LogP contribution in [-0.4, -0.2) is 199 Å². The first-order valence-electron chi connectivity index (χ1n) is 34.2. The third-order valence-electron chi connectivity index (χ3n) is 15.9. The molecule has 2 aromatic carbocycles. The number of anilines is 4. The Bertz CT molecular complexity index is 4170. The summed E-state index contributed by atoms with van der Waals surface area (Å²) in [6, 6.07) is 18.2. The molecule has 8 rings (SSSR count). The number of hydrogen-bond donors (Lipinski definition) is 3. The van der Waals surface area contributed by atoms with Gasteiger partial charge in [-0.25, -0.2) is 48.2 Å². The van der Waals surface area contributed by atoms with Crippen LogP contribution in [0.2, 0.25) is 0 Å². The summed E-state index contributed by atoms with van der Waals surface area (Å²) in [7, 11) is 0. The van der Waals surface area contributed by atoms with Gasteiger partial charge in [-0.2, -0.15) is 36.3 Å². The molecule has 26 nitrogen and oxygen atoms in total. The molecule has 0 saturated heterocycles. The largest absolute Gasteiger partial charge is 0.458 e. The molecule has 0 aliphatic heterocycles. The Balaban J connectivity index is 0.836. The molecule has 0 radical (unpaired) electrons. The maximum atomic E-state index is 14.2. The first-order valence-corrected chi connectivity index (χ1v) is 34.2. The number of aliphatic hydroxyl groups excluding tert-OH is 1. The van der Waals surface area contributed by atoms with Crippen molar-refractivity contribution in [2.24, 2.45) is 0 Å². The number of hydrogen-bond acceptors (Lipinski definition) is 22. The average Bonchev–Trinajstić information content (AvgIpc) is 1.63. The van der Waals surface area contributed by atoms with Crippen molar-refractivity contribution in [2.45, 2.75) is 150 Å². The quantitative estimate of drug-likeness (QED) is 0.0184. The van der Waals surface area contributed by atoms with Crippen molar-refractivity contribution in [3.8, 4) is 11.4 Å². The van der Waals surface area contributed by atoms with Gasteiger partial charge in [0.25, 0.3) is 0 Å². The lowest BCUT2D eigenvalue weighted by Crippen LogP contribution is -2.39. The summed E-state index contributed by atoms with van der Waals surface area (Å²) in [4.78, 5) is 85.9. The van der Waals surface area contributed by atoms with Crippen LogP contribution in [0.5, 0.6) is 0 Å². The minimum Gasteiger partial charge on any atom is -0.458 e. The summed E-state index contributed by atoms with van der Waals surface area (Å²) in [6.07, 6.45) is -7.05. The van der Waals surface area contributed by atoms with Gasteiger partial charge in [-0.3, -0.25) is 9.13 Å². The summed E-state index contributed by atoms with van der Waals surface area (Å²) in [5.74, 6) is -1.31. The second-order valence-corrected chi connectivity index (χ2v) is 26.0. The highest BCUT2D eigenvalue weighted by atomic mass is 19.4. The van der Waals surface area contributed by atoms with Crippen LogP contribution < -0.4 is 31.8 Å². The number of rotatable bonds is 39. The van der Waals surface area contributed by atoms with Crippen molar-refractivity contribution >= 4 is 57.8 Å². The van der Waals surface area contributed by atoms with Gasteiger partial charge in [-0.1, -0.05) is 24.3 Å². The number of nitrogens with one attached hydrogen (secondary N) is 2. The molecule has 0 bridgehead atoms. The summed E-state index contributed by atoms with van der Waals surface area (Å²) >= 11 is 0. The minimum atomic E-state index is -4.59. The Morgan fingerprint density at radius 1 is 0.524 bits per heavy atom. The van der Waals surface area contributed by atoms with Crippen molar-refractivity contribution < 1.29 is 74.2 Å². The number of imidazole rings is 2. The van der Waals surface area contributed by atoms with Crippen molar-refractivity contribution in [1.82, 2.24) is 48.2 Å². The highest BCUT2D eigenvalue weighted by Crippen LogP contribution is 2.31. The van der Waals surface area contributed by atoms with Crippen LogP contribution in [-0.2, 0) is 81.5 Å². The van der Waals surface area contributed by atoms with Crippen molar-refractivity contribution in [3.63, 3.8) is 0 Å². The van der Waals surface area contributed by atoms with Crippen LogP contribution >= 0.6 is 0 Å². The van der Waals surface area contributed by atoms with E-state index in [-0.39, 0.29) is 127 Å². The van der Waals surface area contributed by atoms with E-state index in [1.807, 2.05) is 27.7 Å². The monoisotopic (exact) mass is 1450 g/mol. The van der Waals surface area contributed by atoms with Crippen molar-refractivity contribution in [2.75, 3.05) is 113 Å². The molecule has 8 aromatic rings. The zero-order chi connectivity index (χ0) is 74.7. The lowest BCUT2D eigenvalue weighted by Gasteiger charge is -2.26. The van der Waals surface area contributed by atoms with E-state index in [0.717, 1.165) is 12.4 Å². The third-order valence-corrected chi connectivity index (χ3v) is 15.9. The van der Waals surface area contributed by atoms with Crippen LogP contribution in [0.1, 0.15) is 91.5 Å². The number of aromatic nitrogens is 10. The van der Waals surface area contributed by atoms with Gasteiger partial charge >= 0.3 is 35.7 Å². The fraction of sp³-hybridized carbons (Fsp3) is 0.521. The van der Waals surface area contributed by atoms with Gasteiger partial charge in [0.2, 0.25) is 11.9 Å². The Morgan fingerprint density at radius 2 is 0.913 bits per heavy atom. The predicted molar refractivity (Wildman–Crippen MR) is 375 cm³/mol. The zero-order valence-corrected chi connectivity index (χ0v) is 59.7. The molecular weight excluding hydrogens is 1350 g/mol. The zero-order valence-electron chi connectivity index (χ0n) is 59.7. The number of carbonyl (C=O) groups is 2. The number of alkyl halides is 6. The molecule has 0 spiro atoms. The summed E-state index contributed by atoms with van der Waals surface area (Å²) in [5, 5.41) is 15.3. The molecule has 560 valence electrons. The molecule has 6 heterocycles. The van der Waals surface area contributed by atoms with Crippen molar-refractivity contribution in [3.05, 3.63) is 141 Å². The Labute approximate surface area is 592 Å². The molecule has 6 aromatic heterocycles. The summed E-state index contributed by atoms with van der Waals surface area (Å²) < 4.78 is 130. The molecule has 0 saturated carbocycles. The lowest BCUT2D eigenvalue weighted by molar-refractivity contribution is -0.156. The van der Waals surface area contributed by atoms with E-state index in [0.29, 0.717) is 71.0 Å². The number of ether oxygens (including phenoxy) is 7. The molecule has 3 N–H and O–H groups in total. The third kappa shape index (κ3) is 23.0. The predicted octanol–water partition coefficient (Wildman–Crippen LogP) is 9.04. The normalized spacial score (nSPS) is 13.1. The SMILES string of the molecule is CCN(CC)c1ncc(CC(F)(F)F)c(N[C@@H](Cc2ccc(-n3c(=O)n(CCOCCOCC(COCCO)OCCOCCn4c(=O)n(-c5ccc(C[C@H](Nc6nc(N(CC)CC)ncc6CC(F)(F)F)C(=O)OC(C)(C)C)cc5)c5ncccc54)c4cccnc43)cc2)C(=O)OC(C)(C)C)n1. The maximum Gasteiger partial charge on any atom is 0.393 e. The number of esters is 2. The topological polar surface area (TPSA) is 281 Å². The lowest BCUT2D eigenvalue weighted by atomic mass is 10.0. The first kappa shape index (κ1) is 79.6. The van der Waals surface area contributed by atoms with Crippen LogP contribution in [0.25, 0.3) is 33.7 Å². The van der Waals surface area contributed by atoms with Gasteiger partial charge in [0.1, 0.15) is 41.0 Å². The van der Waals surface area contributed by atoms with Crippen LogP contribution in [0.3, 0.4) is 0 Å². The van der Waals surface area contributed by atoms with Gasteiger partial charge < -0.3 is 58.7 Å². The van der Waals surface area contributed by atoms with Gasteiger partial charge in [-0.05, 0) is 129 Å². The van der Waals surface area contributed by atoms with Crippen LogP contribution in [0, 0.1) is 0 Å². The van der Waals surface area contributed by atoms with Gasteiger partial charge in [-0.15, -0.1) is 0 Å². The van der Waals surface area contributed by atoms with E-state index in [2.05, 4.69) is 40.5 Å². The highest BCUT2D eigenvalue weighted by molar-refractivity contribution is 5.81. The molecule has 103 heavy (non-hydrogen) atoms. The van der Waals surface area contributed by atoms with Crippen LogP contribution in [0.15, 0.2) is 107 Å². The highest BCUT2D eigenvalue weighted by Gasteiger charge is 2.35. The second-order valence-electron chi connectivity index (χ2n) is 26.0. The standard InChI is InChI=1S/C71H92F6N14O12/c1-11-86(12-2)64-80-43-49(41-70(72,73)74)58(84-64)82-54(62(93)102-68(5,6)7)39-47-19-23-51(24-20-47)90-60-56(17-15-27-78-60)88(66(90)95)29-32-97-35-36-100-46-53(45-99-34-31-92)101-38-37-98-33-30-89-57-18-16-28-79-61(57)91(67(89)96)52-25-21-48(22-26-52)40-55(63(94)103-69(8,9)10)83-59-50(42-71(75,76)77)44-81-65(85-59)87(13-3)14-4/h15-28,43-44,53-55,92H,11-14,29-42,45-46H2,1-10H3,(H,80,82,84)(H,81,83,85)/t53?,54-,55-/m0/s1. The number of halogens is 6. The van der Waals surface area contributed by atoms with E-state index >= 15 is 0 Å². The van der Waals surface area contributed by atoms with E-state index < -0.39 is 77.9 Å². The van der Waals surface area contributed by atoms with Gasteiger partial charge in [0, 0.05) is 74.9 Å². The molecule has 0 aliphatic carbocycles. The van der Waals surface area contributed by atoms with Crippen LogP contribution in [0.4, 0.5) is 49.9 Å². The van der Waals surface area contributed by atoms with Gasteiger partial charge in [0.05, 0.1) is 114 Å². The number of carbonyl (C=O) groups excluding carboxylic acids is 2. The van der Waals surface area contributed by atoms with E-state index in [4.69, 9.17) is 33.2 Å². The molecule has 3 atom stereocenters. The van der Waals surface area contributed by atoms with Crippen molar-refractivity contribution in [1.29, 1.82) is 0 Å². The van der Waals surface area contributed by atoms with E-state index in [1.165, 1.54) is 13.7 Å².